The van der Waals surface area contributed by atoms with Gasteiger partial charge in [-0.1, -0.05) is 0 Å². The SMILES string of the molecule is O=Cc1cc(I)nn1CC(F)(F)F. The second-order valence-electron chi connectivity index (χ2n) is 2.28. The summed E-state index contributed by atoms with van der Waals surface area (Å²) in [6.07, 6.45) is -4.01. The molecule has 1 heterocycles. The second-order valence-corrected chi connectivity index (χ2v) is 3.39. The molecule has 0 aromatic carbocycles. The van der Waals surface area contributed by atoms with Crippen LogP contribution in [-0.2, 0) is 6.54 Å². The molecule has 0 fully saturated rings. The van der Waals surface area contributed by atoms with Crippen molar-refractivity contribution >= 4 is 28.9 Å². The van der Waals surface area contributed by atoms with E-state index in [0.29, 0.717) is 14.7 Å². The summed E-state index contributed by atoms with van der Waals surface area (Å²) in [5.41, 5.74) is -0.0678. The quantitative estimate of drug-likeness (QED) is 0.617. The molecule has 13 heavy (non-hydrogen) atoms. The molecule has 0 bridgehead atoms. The minimum atomic E-state index is -4.35. The maximum atomic E-state index is 11.9. The normalized spacial score (nSPS) is 11.7. The first-order valence-corrected chi connectivity index (χ1v) is 4.25. The van der Waals surface area contributed by atoms with Gasteiger partial charge in [0.2, 0.25) is 0 Å². The van der Waals surface area contributed by atoms with Crippen LogP contribution in [0.15, 0.2) is 6.07 Å². The second kappa shape index (κ2) is 3.64. The molecule has 72 valence electrons. The van der Waals surface area contributed by atoms with Gasteiger partial charge in [0.15, 0.2) is 6.29 Å². The fourth-order valence-electron chi connectivity index (χ4n) is 0.790. The average molecular weight is 304 g/mol. The van der Waals surface area contributed by atoms with Crippen molar-refractivity contribution in [3.05, 3.63) is 15.5 Å². The Balaban J connectivity index is 2.93. The van der Waals surface area contributed by atoms with E-state index in [1.54, 1.807) is 22.6 Å². The number of halogens is 4. The molecule has 0 N–H and O–H groups in total. The fourth-order valence-corrected chi connectivity index (χ4v) is 1.37. The van der Waals surface area contributed by atoms with Crippen LogP contribution in [0.5, 0.6) is 0 Å². The third-order valence-corrected chi connectivity index (χ3v) is 1.76. The minimum absolute atomic E-state index is 0.0678. The van der Waals surface area contributed by atoms with E-state index in [0.717, 1.165) is 0 Å². The van der Waals surface area contributed by atoms with Crippen molar-refractivity contribution < 1.29 is 18.0 Å². The van der Waals surface area contributed by atoms with Crippen LogP contribution < -0.4 is 0 Å². The summed E-state index contributed by atoms with van der Waals surface area (Å²) in [4.78, 5) is 10.3. The van der Waals surface area contributed by atoms with Crippen LogP contribution in [0.1, 0.15) is 10.5 Å². The highest BCUT2D eigenvalue weighted by atomic mass is 127. The molecule has 0 spiro atoms. The molecule has 0 aliphatic heterocycles. The molecular formula is C6H4F3IN2O. The maximum absolute atomic E-state index is 11.9. The van der Waals surface area contributed by atoms with Gasteiger partial charge < -0.3 is 0 Å². The largest absolute Gasteiger partial charge is 0.408 e. The van der Waals surface area contributed by atoms with Crippen LogP contribution in [0.3, 0.4) is 0 Å². The number of aromatic nitrogens is 2. The number of alkyl halides is 3. The zero-order valence-corrected chi connectivity index (χ0v) is 8.33. The van der Waals surface area contributed by atoms with Gasteiger partial charge in [-0.05, 0) is 22.6 Å². The van der Waals surface area contributed by atoms with Crippen molar-refractivity contribution in [2.75, 3.05) is 0 Å². The summed E-state index contributed by atoms with van der Waals surface area (Å²) >= 11 is 1.74. The highest BCUT2D eigenvalue weighted by molar-refractivity contribution is 14.1. The Hall–Kier alpha value is -0.600. The molecule has 0 unspecified atom stereocenters. The molecule has 0 aliphatic carbocycles. The van der Waals surface area contributed by atoms with Crippen molar-refractivity contribution in [2.24, 2.45) is 0 Å². The standard InChI is InChI=1S/C6H4F3IN2O/c7-6(8,9)3-12-4(2-13)1-5(10)11-12/h1-2H,3H2. The highest BCUT2D eigenvalue weighted by Crippen LogP contribution is 2.18. The van der Waals surface area contributed by atoms with Crippen LogP contribution in [0.4, 0.5) is 13.2 Å². The molecule has 0 radical (unpaired) electrons. The van der Waals surface area contributed by atoms with Crippen LogP contribution in [0.25, 0.3) is 0 Å². The van der Waals surface area contributed by atoms with E-state index in [1.165, 1.54) is 6.07 Å². The van der Waals surface area contributed by atoms with Crippen LogP contribution in [0, 0.1) is 3.70 Å². The van der Waals surface area contributed by atoms with Gasteiger partial charge >= 0.3 is 6.18 Å². The Morgan fingerprint density at radius 1 is 1.62 bits per heavy atom. The lowest BCUT2D eigenvalue weighted by atomic mass is 10.4. The van der Waals surface area contributed by atoms with Gasteiger partial charge in [0.1, 0.15) is 15.9 Å². The molecule has 0 atom stereocenters. The van der Waals surface area contributed by atoms with Gasteiger partial charge in [-0.3, -0.25) is 9.48 Å². The molecule has 1 rings (SSSR count). The molecule has 1 aromatic rings. The lowest BCUT2D eigenvalue weighted by Crippen LogP contribution is -2.20. The summed E-state index contributed by atoms with van der Waals surface area (Å²) in [5, 5.41) is 3.52. The van der Waals surface area contributed by atoms with E-state index in [2.05, 4.69) is 5.10 Å². The highest BCUT2D eigenvalue weighted by Gasteiger charge is 2.29. The van der Waals surface area contributed by atoms with Crippen molar-refractivity contribution in [1.82, 2.24) is 9.78 Å². The topological polar surface area (TPSA) is 34.9 Å². The van der Waals surface area contributed by atoms with Gasteiger partial charge in [-0.2, -0.15) is 18.3 Å². The average Bonchev–Trinajstić information content (AvgIpc) is 2.27. The van der Waals surface area contributed by atoms with E-state index in [4.69, 9.17) is 0 Å². The molecule has 7 heteroatoms. The van der Waals surface area contributed by atoms with Gasteiger partial charge in [-0.15, -0.1) is 0 Å². The first-order valence-electron chi connectivity index (χ1n) is 3.17. The van der Waals surface area contributed by atoms with E-state index >= 15 is 0 Å². The lowest BCUT2D eigenvalue weighted by molar-refractivity contribution is -0.142. The van der Waals surface area contributed by atoms with E-state index in [-0.39, 0.29) is 5.69 Å². The Morgan fingerprint density at radius 2 is 2.23 bits per heavy atom. The third-order valence-electron chi connectivity index (χ3n) is 1.23. The Bertz CT molecular complexity index is 320. The number of carbonyl (C=O) groups excluding carboxylic acids is 1. The molecule has 0 saturated heterocycles. The van der Waals surface area contributed by atoms with E-state index in [1.807, 2.05) is 0 Å². The zero-order valence-electron chi connectivity index (χ0n) is 6.18. The Labute approximate surface area is 85.1 Å². The molecule has 0 saturated carbocycles. The van der Waals surface area contributed by atoms with Gasteiger partial charge in [0.05, 0.1) is 0 Å². The van der Waals surface area contributed by atoms with E-state index in [9.17, 15) is 18.0 Å². The molecule has 0 aliphatic rings. The van der Waals surface area contributed by atoms with Crippen molar-refractivity contribution in [3.63, 3.8) is 0 Å². The Morgan fingerprint density at radius 3 is 2.69 bits per heavy atom. The zero-order chi connectivity index (χ0) is 10.1. The Kier molecular flexibility index (Phi) is 2.94. The number of aldehydes is 1. The first kappa shape index (κ1) is 10.5. The monoisotopic (exact) mass is 304 g/mol. The van der Waals surface area contributed by atoms with Gasteiger partial charge in [0.25, 0.3) is 0 Å². The first-order chi connectivity index (χ1) is 5.92. The van der Waals surface area contributed by atoms with Crippen LogP contribution in [-0.4, -0.2) is 22.2 Å². The molecular weight excluding hydrogens is 300 g/mol. The minimum Gasteiger partial charge on any atom is -0.296 e. The lowest BCUT2D eigenvalue weighted by Gasteiger charge is -2.06. The third kappa shape index (κ3) is 2.98. The predicted molar refractivity (Wildman–Crippen MR) is 46.4 cm³/mol. The van der Waals surface area contributed by atoms with Crippen molar-refractivity contribution in [1.29, 1.82) is 0 Å². The maximum Gasteiger partial charge on any atom is 0.408 e. The molecule has 0 amide bonds. The molecule has 1 aromatic heterocycles. The number of rotatable bonds is 2. The predicted octanol–water partition coefficient (Wildman–Crippen LogP) is 1.86. The summed E-state index contributed by atoms with van der Waals surface area (Å²) < 4.78 is 36.7. The number of carbonyl (C=O) groups is 1. The summed E-state index contributed by atoms with van der Waals surface area (Å²) in [7, 11) is 0. The van der Waals surface area contributed by atoms with Crippen LogP contribution >= 0.6 is 22.6 Å². The number of hydrogen-bond donors (Lipinski definition) is 0. The number of hydrogen-bond acceptors (Lipinski definition) is 2. The smallest absolute Gasteiger partial charge is 0.296 e. The van der Waals surface area contributed by atoms with Crippen LogP contribution in [0.2, 0.25) is 0 Å². The van der Waals surface area contributed by atoms with Crippen molar-refractivity contribution in [3.8, 4) is 0 Å². The van der Waals surface area contributed by atoms with Gasteiger partial charge in [-0.25, -0.2) is 0 Å². The summed E-state index contributed by atoms with van der Waals surface area (Å²) in [6.45, 7) is -1.23. The molecule has 3 nitrogen and oxygen atoms in total. The number of nitrogens with zero attached hydrogens (tertiary/aromatic N) is 2. The fraction of sp³-hybridized carbons (Fsp3) is 0.333. The summed E-state index contributed by atoms with van der Waals surface area (Å²) in [6, 6.07) is 1.29. The van der Waals surface area contributed by atoms with Gasteiger partial charge in [0, 0.05) is 6.07 Å². The van der Waals surface area contributed by atoms with Crippen molar-refractivity contribution in [2.45, 2.75) is 12.7 Å². The summed E-state index contributed by atoms with van der Waals surface area (Å²) in [5.74, 6) is 0. The van der Waals surface area contributed by atoms with E-state index < -0.39 is 12.7 Å².